The van der Waals surface area contributed by atoms with Crippen LogP contribution in [0.5, 0.6) is 0 Å². The number of carboxylic acids is 1. The van der Waals surface area contributed by atoms with E-state index in [1.165, 1.54) is 0 Å². The van der Waals surface area contributed by atoms with Crippen LogP contribution in [0, 0.1) is 29.8 Å². The Balaban J connectivity index is 2.35. The predicted octanol–water partition coefficient (Wildman–Crippen LogP) is 5.62. The Morgan fingerprint density at radius 1 is 1.18 bits per heavy atom. The van der Waals surface area contributed by atoms with E-state index >= 15 is 0 Å². The number of carboxylic acid groups (broad SMARTS) is 1. The van der Waals surface area contributed by atoms with E-state index in [0.29, 0.717) is 24.5 Å². The van der Waals surface area contributed by atoms with Gasteiger partial charge in [-0.2, -0.15) is 0 Å². The molecule has 186 valence electrons. The van der Waals surface area contributed by atoms with Gasteiger partial charge in [0.25, 0.3) is 0 Å². The maximum atomic E-state index is 14.2. The quantitative estimate of drug-likeness (QED) is 0.541. The van der Waals surface area contributed by atoms with E-state index in [4.69, 9.17) is 10.5 Å². The SMILES string of the molecule is Cc1nc(N)c(-c2cc(F)c(F)c(F)c2)c(N2CCC(C)(C)CC2)c1C(OC(C)(C)C)C(=O)O. The van der Waals surface area contributed by atoms with Gasteiger partial charge >= 0.3 is 5.97 Å². The number of hydrogen-bond donors (Lipinski definition) is 2. The van der Waals surface area contributed by atoms with Crippen molar-refractivity contribution in [1.29, 1.82) is 0 Å². The second-order valence-electron chi connectivity index (χ2n) is 10.6. The summed E-state index contributed by atoms with van der Waals surface area (Å²) >= 11 is 0. The number of anilines is 2. The first-order chi connectivity index (χ1) is 15.6. The van der Waals surface area contributed by atoms with Gasteiger partial charge in [0.05, 0.1) is 11.3 Å². The van der Waals surface area contributed by atoms with Gasteiger partial charge in [-0.1, -0.05) is 13.8 Å². The van der Waals surface area contributed by atoms with Gasteiger partial charge in [-0.05, 0) is 63.6 Å². The second kappa shape index (κ2) is 9.09. The van der Waals surface area contributed by atoms with E-state index in [1.54, 1.807) is 27.7 Å². The molecule has 3 N–H and O–H groups in total. The molecule has 0 radical (unpaired) electrons. The number of halogens is 3. The number of benzene rings is 1. The molecule has 34 heavy (non-hydrogen) atoms. The third kappa shape index (κ3) is 5.29. The van der Waals surface area contributed by atoms with Gasteiger partial charge < -0.3 is 20.5 Å². The number of aliphatic carboxylic acids is 1. The Morgan fingerprint density at radius 2 is 1.71 bits per heavy atom. The van der Waals surface area contributed by atoms with Gasteiger partial charge in [0, 0.05) is 29.9 Å². The Morgan fingerprint density at radius 3 is 2.18 bits per heavy atom. The molecule has 1 aromatic heterocycles. The van der Waals surface area contributed by atoms with Gasteiger partial charge in [-0.25, -0.2) is 22.9 Å². The lowest BCUT2D eigenvalue weighted by molar-refractivity contribution is -0.160. The number of aromatic nitrogens is 1. The normalized spacial score (nSPS) is 17.0. The molecule has 1 aromatic carbocycles. The van der Waals surface area contributed by atoms with E-state index in [2.05, 4.69) is 18.8 Å². The lowest BCUT2D eigenvalue weighted by atomic mass is 9.82. The number of aryl methyl sites for hydroxylation is 1. The molecule has 2 aromatic rings. The Kier molecular flexibility index (Phi) is 6.90. The number of nitrogens with two attached hydrogens (primary N) is 1. The van der Waals surface area contributed by atoms with E-state index in [-0.39, 0.29) is 27.9 Å². The average Bonchev–Trinajstić information content (AvgIpc) is 2.69. The summed E-state index contributed by atoms with van der Waals surface area (Å²) in [7, 11) is 0. The van der Waals surface area contributed by atoms with Crippen molar-refractivity contribution in [2.45, 2.75) is 66.1 Å². The molecule has 1 saturated heterocycles. The van der Waals surface area contributed by atoms with Crippen LogP contribution in [0.4, 0.5) is 24.7 Å². The second-order valence-corrected chi connectivity index (χ2v) is 10.6. The van der Waals surface area contributed by atoms with Crippen LogP contribution in [-0.2, 0) is 9.53 Å². The van der Waals surface area contributed by atoms with Crippen LogP contribution in [-0.4, -0.2) is 34.8 Å². The molecule has 0 aliphatic carbocycles. The smallest absolute Gasteiger partial charge is 0.337 e. The van der Waals surface area contributed by atoms with Crippen molar-refractivity contribution in [3.63, 3.8) is 0 Å². The molecule has 1 fully saturated rings. The predicted molar refractivity (Wildman–Crippen MR) is 125 cm³/mol. The van der Waals surface area contributed by atoms with Gasteiger partial charge in [0.2, 0.25) is 0 Å². The van der Waals surface area contributed by atoms with Crippen LogP contribution in [0.2, 0.25) is 0 Å². The van der Waals surface area contributed by atoms with Crippen molar-refractivity contribution in [2.75, 3.05) is 23.7 Å². The van der Waals surface area contributed by atoms with Crippen molar-refractivity contribution in [3.05, 3.63) is 40.8 Å². The zero-order chi connectivity index (χ0) is 25.6. The highest BCUT2D eigenvalue weighted by molar-refractivity contribution is 5.91. The highest BCUT2D eigenvalue weighted by atomic mass is 19.2. The zero-order valence-electron chi connectivity index (χ0n) is 20.4. The number of hydrogen-bond acceptors (Lipinski definition) is 5. The Bertz CT molecular complexity index is 1080. The van der Waals surface area contributed by atoms with Gasteiger partial charge in [-0.15, -0.1) is 0 Å². The van der Waals surface area contributed by atoms with Crippen molar-refractivity contribution in [1.82, 2.24) is 4.98 Å². The minimum absolute atomic E-state index is 0.0256. The van der Waals surface area contributed by atoms with Gasteiger partial charge in [0.15, 0.2) is 23.6 Å². The fraction of sp³-hybridized carbons (Fsp3) is 0.520. The number of ether oxygens (including phenoxy) is 1. The summed E-state index contributed by atoms with van der Waals surface area (Å²) in [6.45, 7) is 12.2. The summed E-state index contributed by atoms with van der Waals surface area (Å²) < 4.78 is 48.1. The van der Waals surface area contributed by atoms with E-state index in [9.17, 15) is 23.1 Å². The van der Waals surface area contributed by atoms with Crippen molar-refractivity contribution < 1.29 is 27.8 Å². The number of nitrogen functional groups attached to an aromatic ring is 1. The van der Waals surface area contributed by atoms with Crippen molar-refractivity contribution in [3.8, 4) is 11.1 Å². The van der Waals surface area contributed by atoms with E-state index < -0.39 is 35.1 Å². The molecule has 0 amide bonds. The Labute approximate surface area is 197 Å². The molecule has 2 heterocycles. The van der Waals surface area contributed by atoms with Crippen molar-refractivity contribution in [2.24, 2.45) is 5.41 Å². The zero-order valence-corrected chi connectivity index (χ0v) is 20.4. The summed E-state index contributed by atoms with van der Waals surface area (Å²) in [5.74, 6) is -5.61. The molecule has 9 heteroatoms. The monoisotopic (exact) mass is 479 g/mol. The molecular formula is C25H32F3N3O3. The average molecular weight is 480 g/mol. The number of carbonyl (C=O) groups is 1. The third-order valence-corrected chi connectivity index (χ3v) is 6.09. The lowest BCUT2D eigenvalue weighted by Gasteiger charge is -2.41. The van der Waals surface area contributed by atoms with E-state index in [0.717, 1.165) is 25.0 Å². The van der Waals surface area contributed by atoms with Crippen LogP contribution in [0.15, 0.2) is 12.1 Å². The first kappa shape index (κ1) is 25.8. The molecule has 1 aliphatic heterocycles. The van der Waals surface area contributed by atoms with Crippen LogP contribution in [0.3, 0.4) is 0 Å². The number of nitrogens with zero attached hydrogens (tertiary/aromatic N) is 2. The fourth-order valence-electron chi connectivity index (χ4n) is 4.27. The maximum Gasteiger partial charge on any atom is 0.337 e. The Hall–Kier alpha value is -2.81. The lowest BCUT2D eigenvalue weighted by Crippen LogP contribution is -2.39. The first-order valence-corrected chi connectivity index (χ1v) is 11.2. The maximum absolute atomic E-state index is 14.2. The summed E-state index contributed by atoms with van der Waals surface area (Å²) in [5.41, 5.74) is 6.64. The van der Waals surface area contributed by atoms with Gasteiger partial charge in [-0.3, -0.25) is 0 Å². The first-order valence-electron chi connectivity index (χ1n) is 11.2. The molecule has 3 rings (SSSR count). The van der Waals surface area contributed by atoms with E-state index in [1.807, 2.05) is 4.90 Å². The molecular weight excluding hydrogens is 447 g/mol. The topological polar surface area (TPSA) is 88.7 Å². The molecule has 1 unspecified atom stereocenters. The molecule has 0 spiro atoms. The number of piperidine rings is 1. The minimum Gasteiger partial charge on any atom is -0.479 e. The molecule has 6 nitrogen and oxygen atoms in total. The standard InChI is InChI=1S/C25H32F3N3O3/c1-13-17(21(23(32)33)34-24(2,3)4)20(31-9-7-25(5,6)8-10-31)18(22(29)30-13)14-11-15(26)19(28)16(27)12-14/h11-12,21H,7-10H2,1-6H3,(H2,29,30)(H,32,33). The highest BCUT2D eigenvalue weighted by Crippen LogP contribution is 2.46. The third-order valence-electron chi connectivity index (χ3n) is 6.09. The summed E-state index contributed by atoms with van der Waals surface area (Å²) in [5, 5.41) is 10.1. The summed E-state index contributed by atoms with van der Waals surface area (Å²) in [4.78, 5) is 18.7. The van der Waals surface area contributed by atoms with Crippen LogP contribution in [0.1, 0.15) is 64.8 Å². The van der Waals surface area contributed by atoms with Gasteiger partial charge in [0.1, 0.15) is 5.82 Å². The largest absolute Gasteiger partial charge is 0.479 e. The summed E-state index contributed by atoms with van der Waals surface area (Å²) in [6.07, 6.45) is 0.195. The van der Waals surface area contributed by atoms with Crippen LogP contribution in [0.25, 0.3) is 11.1 Å². The number of pyridine rings is 1. The molecule has 1 aliphatic rings. The highest BCUT2D eigenvalue weighted by Gasteiger charge is 2.37. The summed E-state index contributed by atoms with van der Waals surface area (Å²) in [6, 6.07) is 1.70. The van der Waals surface area contributed by atoms with Crippen LogP contribution < -0.4 is 10.6 Å². The molecule has 0 saturated carbocycles. The van der Waals surface area contributed by atoms with Crippen molar-refractivity contribution >= 4 is 17.5 Å². The molecule has 0 bridgehead atoms. The molecule has 1 atom stereocenters. The number of rotatable bonds is 5. The van der Waals surface area contributed by atoms with Crippen LogP contribution >= 0.6 is 0 Å². The minimum atomic E-state index is -1.59. The fourth-order valence-corrected chi connectivity index (χ4v) is 4.27.